The molecule has 2 fully saturated rings. The summed E-state index contributed by atoms with van der Waals surface area (Å²) >= 11 is 11.8. The van der Waals surface area contributed by atoms with Gasteiger partial charge in [0.1, 0.15) is 4.90 Å². The van der Waals surface area contributed by atoms with Crippen molar-refractivity contribution in [1.82, 2.24) is 19.8 Å². The Hall–Kier alpha value is -1.88. The molecular weight excluding hydrogens is 419 g/mol. The van der Waals surface area contributed by atoms with E-state index in [9.17, 15) is 22.8 Å². The number of carbonyl (C=O) groups is 3. The number of amides is 4. The lowest BCUT2D eigenvalue weighted by molar-refractivity contribution is -0.141. The van der Waals surface area contributed by atoms with Crippen LogP contribution in [0.25, 0.3) is 0 Å². The zero-order valence-corrected chi connectivity index (χ0v) is 16.3. The molecule has 0 aliphatic carbocycles. The molecule has 0 bridgehead atoms. The Bertz CT molecular complexity index is 865. The molecule has 2 saturated heterocycles. The average Bonchev–Trinajstić information content (AvgIpc) is 2.85. The molecule has 2 N–H and O–H groups in total. The number of hydrogen-bond acceptors (Lipinski definition) is 5. The highest BCUT2D eigenvalue weighted by Gasteiger charge is 2.42. The fraction of sp³-hybridized carbons (Fsp3) is 0.400. The van der Waals surface area contributed by atoms with E-state index < -0.39 is 16.1 Å². The molecule has 2 aliphatic rings. The molecule has 12 heteroatoms. The number of rotatable bonds is 6. The number of likely N-dealkylation sites (tertiary alicyclic amines) is 1. The topological polar surface area (TPSA) is 116 Å². The Kier molecular flexibility index (Phi) is 5.61. The van der Waals surface area contributed by atoms with Crippen molar-refractivity contribution in [3.8, 4) is 0 Å². The standard InChI is InChI=1S/C15H16Cl2N4O5S/c16-10-2-1-3-11(17)14(10)27(25,26)19-5-4-12(22)20-7-9(8-20)21-13(23)6-18-15(21)24/h1-3,9,19H,4-8H2,(H,18,24). The molecule has 0 spiro atoms. The van der Waals surface area contributed by atoms with E-state index in [-0.39, 0.29) is 65.4 Å². The first-order valence-corrected chi connectivity index (χ1v) is 10.3. The van der Waals surface area contributed by atoms with E-state index in [2.05, 4.69) is 10.0 Å². The molecule has 3 rings (SSSR count). The Morgan fingerprint density at radius 1 is 1.22 bits per heavy atom. The molecule has 1 aromatic rings. The number of imide groups is 1. The van der Waals surface area contributed by atoms with Crippen LogP contribution in [0.15, 0.2) is 23.1 Å². The van der Waals surface area contributed by atoms with Crippen LogP contribution in [0, 0.1) is 0 Å². The molecule has 0 saturated carbocycles. The van der Waals surface area contributed by atoms with E-state index in [0.29, 0.717) is 0 Å². The number of nitrogens with zero attached hydrogens (tertiary/aromatic N) is 2. The minimum absolute atomic E-state index is 0.0135. The van der Waals surface area contributed by atoms with E-state index in [1.54, 1.807) is 0 Å². The van der Waals surface area contributed by atoms with Crippen molar-refractivity contribution in [2.75, 3.05) is 26.2 Å². The maximum Gasteiger partial charge on any atom is 0.324 e. The van der Waals surface area contributed by atoms with Gasteiger partial charge in [-0.25, -0.2) is 17.9 Å². The van der Waals surface area contributed by atoms with Crippen LogP contribution in [-0.4, -0.2) is 68.3 Å². The first-order valence-electron chi connectivity index (χ1n) is 8.02. The second kappa shape index (κ2) is 7.63. The van der Waals surface area contributed by atoms with Crippen molar-refractivity contribution >= 4 is 51.1 Å². The van der Waals surface area contributed by atoms with Crippen LogP contribution in [0.2, 0.25) is 10.0 Å². The normalized spacial score (nSPS) is 17.9. The summed E-state index contributed by atoms with van der Waals surface area (Å²) in [6.07, 6.45) is -0.0752. The Balaban J connectivity index is 1.49. The third-order valence-electron chi connectivity index (χ3n) is 4.28. The fourth-order valence-corrected chi connectivity index (χ4v) is 5.06. The number of nitrogens with one attached hydrogen (secondary N) is 2. The highest BCUT2D eigenvalue weighted by atomic mass is 35.5. The van der Waals surface area contributed by atoms with Gasteiger partial charge >= 0.3 is 6.03 Å². The van der Waals surface area contributed by atoms with E-state index in [4.69, 9.17) is 23.2 Å². The van der Waals surface area contributed by atoms with Gasteiger partial charge in [-0.15, -0.1) is 0 Å². The SMILES string of the molecule is O=C(CCNS(=O)(=O)c1c(Cl)cccc1Cl)N1CC(N2C(=O)CNC2=O)C1. The Morgan fingerprint density at radius 2 is 1.85 bits per heavy atom. The van der Waals surface area contributed by atoms with E-state index >= 15 is 0 Å². The predicted octanol–water partition coefficient (Wildman–Crippen LogP) is 0.424. The number of carbonyl (C=O) groups excluding carboxylic acids is 3. The van der Waals surface area contributed by atoms with Gasteiger partial charge in [0.2, 0.25) is 21.8 Å². The zero-order valence-electron chi connectivity index (χ0n) is 13.9. The van der Waals surface area contributed by atoms with E-state index in [0.717, 1.165) is 4.90 Å². The highest BCUT2D eigenvalue weighted by Crippen LogP contribution is 2.28. The molecular formula is C15H16Cl2N4O5S. The van der Waals surface area contributed by atoms with Gasteiger partial charge in [-0.3, -0.25) is 14.5 Å². The van der Waals surface area contributed by atoms with Crippen molar-refractivity contribution in [1.29, 1.82) is 0 Å². The van der Waals surface area contributed by atoms with E-state index in [1.807, 2.05) is 0 Å². The predicted molar refractivity (Wildman–Crippen MR) is 96.9 cm³/mol. The molecule has 2 aliphatic heterocycles. The second-order valence-corrected chi connectivity index (χ2v) is 8.59. The molecule has 4 amide bonds. The molecule has 9 nitrogen and oxygen atoms in total. The van der Waals surface area contributed by atoms with Gasteiger partial charge in [0.05, 0.1) is 22.6 Å². The summed E-state index contributed by atoms with van der Waals surface area (Å²) in [7, 11) is -3.96. The van der Waals surface area contributed by atoms with Crippen LogP contribution in [0.4, 0.5) is 4.79 Å². The summed E-state index contributed by atoms with van der Waals surface area (Å²) in [6.45, 7) is 0.310. The second-order valence-electron chi connectivity index (χ2n) is 6.07. The quantitative estimate of drug-likeness (QED) is 0.629. The molecule has 2 heterocycles. The first-order chi connectivity index (χ1) is 12.7. The fourth-order valence-electron chi connectivity index (χ4n) is 2.89. The van der Waals surface area contributed by atoms with Gasteiger partial charge in [0, 0.05) is 26.1 Å². The van der Waals surface area contributed by atoms with Crippen molar-refractivity contribution < 1.29 is 22.8 Å². The summed E-state index contributed by atoms with van der Waals surface area (Å²) in [6, 6.07) is 3.54. The summed E-state index contributed by atoms with van der Waals surface area (Å²) in [5, 5.41) is 2.40. The number of halogens is 2. The summed E-state index contributed by atoms with van der Waals surface area (Å²) in [5.41, 5.74) is 0. The van der Waals surface area contributed by atoms with Gasteiger partial charge in [-0.1, -0.05) is 29.3 Å². The average molecular weight is 435 g/mol. The molecule has 146 valence electrons. The van der Waals surface area contributed by atoms with Gasteiger partial charge in [-0.05, 0) is 12.1 Å². The first kappa shape index (κ1) is 19.9. The lowest BCUT2D eigenvalue weighted by Gasteiger charge is -2.42. The van der Waals surface area contributed by atoms with Gasteiger partial charge in [-0.2, -0.15) is 0 Å². The summed E-state index contributed by atoms with van der Waals surface area (Å²) in [4.78, 5) is 37.7. The minimum atomic E-state index is -3.96. The Morgan fingerprint density at radius 3 is 2.41 bits per heavy atom. The van der Waals surface area contributed by atoms with Crippen LogP contribution in [-0.2, 0) is 19.6 Å². The third kappa shape index (κ3) is 4.03. The van der Waals surface area contributed by atoms with Crippen LogP contribution in [0.3, 0.4) is 0 Å². The lowest BCUT2D eigenvalue weighted by atomic mass is 10.1. The third-order valence-corrected chi connectivity index (χ3v) is 6.69. The largest absolute Gasteiger partial charge is 0.338 e. The van der Waals surface area contributed by atoms with Crippen molar-refractivity contribution in [2.45, 2.75) is 17.4 Å². The monoisotopic (exact) mass is 434 g/mol. The number of urea groups is 1. The summed E-state index contributed by atoms with van der Waals surface area (Å²) in [5.74, 6) is -0.604. The minimum Gasteiger partial charge on any atom is -0.338 e. The van der Waals surface area contributed by atoms with Gasteiger partial charge < -0.3 is 10.2 Å². The lowest BCUT2D eigenvalue weighted by Crippen LogP contribution is -2.62. The van der Waals surface area contributed by atoms with Crippen molar-refractivity contribution in [3.05, 3.63) is 28.2 Å². The number of hydrogen-bond donors (Lipinski definition) is 2. The summed E-state index contributed by atoms with van der Waals surface area (Å²) < 4.78 is 26.9. The maximum absolute atomic E-state index is 12.3. The Labute approximate surface area is 165 Å². The molecule has 0 unspecified atom stereocenters. The van der Waals surface area contributed by atoms with Crippen LogP contribution >= 0.6 is 23.2 Å². The van der Waals surface area contributed by atoms with E-state index in [1.165, 1.54) is 23.1 Å². The molecule has 27 heavy (non-hydrogen) atoms. The zero-order chi connectivity index (χ0) is 19.8. The smallest absolute Gasteiger partial charge is 0.324 e. The number of benzene rings is 1. The van der Waals surface area contributed by atoms with Crippen molar-refractivity contribution in [2.24, 2.45) is 0 Å². The van der Waals surface area contributed by atoms with Crippen LogP contribution in [0.5, 0.6) is 0 Å². The van der Waals surface area contributed by atoms with Gasteiger partial charge in [0.15, 0.2) is 0 Å². The molecule has 1 aromatic carbocycles. The highest BCUT2D eigenvalue weighted by molar-refractivity contribution is 7.89. The molecule has 0 radical (unpaired) electrons. The molecule has 0 atom stereocenters. The van der Waals surface area contributed by atoms with Crippen molar-refractivity contribution in [3.63, 3.8) is 0 Å². The number of sulfonamides is 1. The van der Waals surface area contributed by atoms with Crippen LogP contribution < -0.4 is 10.0 Å². The van der Waals surface area contributed by atoms with Gasteiger partial charge in [0.25, 0.3) is 0 Å². The molecule has 0 aromatic heterocycles. The maximum atomic E-state index is 12.3. The van der Waals surface area contributed by atoms with Crippen LogP contribution in [0.1, 0.15) is 6.42 Å².